The zero-order valence-electron chi connectivity index (χ0n) is 17.5. The number of fused-ring (bicyclic) bond motifs is 3. The van der Waals surface area contributed by atoms with Crippen molar-refractivity contribution < 1.29 is 9.47 Å². The highest BCUT2D eigenvalue weighted by Gasteiger charge is 2.41. The van der Waals surface area contributed by atoms with Crippen LogP contribution in [-0.2, 0) is 0 Å². The molecule has 0 bridgehead atoms. The van der Waals surface area contributed by atoms with Gasteiger partial charge in [0.25, 0.3) is 0 Å². The third kappa shape index (κ3) is 3.31. The summed E-state index contributed by atoms with van der Waals surface area (Å²) in [5, 5.41) is 8.75. The van der Waals surface area contributed by atoms with Crippen molar-refractivity contribution in [1.82, 2.24) is 14.8 Å². The van der Waals surface area contributed by atoms with Gasteiger partial charge >= 0.3 is 0 Å². The van der Waals surface area contributed by atoms with E-state index in [-0.39, 0.29) is 12.1 Å². The van der Waals surface area contributed by atoms with E-state index < -0.39 is 0 Å². The molecule has 0 saturated carbocycles. The number of para-hydroxylation sites is 1. The van der Waals surface area contributed by atoms with Gasteiger partial charge in [0.1, 0.15) is 30.0 Å². The molecule has 3 aromatic carbocycles. The summed E-state index contributed by atoms with van der Waals surface area (Å²) in [7, 11) is 1.66. The molecule has 33 heavy (non-hydrogen) atoms. The lowest BCUT2D eigenvalue weighted by atomic mass is 9.84. The summed E-state index contributed by atoms with van der Waals surface area (Å²) >= 11 is 9.83. The molecule has 1 aromatic heterocycles. The molecular weight excluding hydrogens is 504 g/mol. The number of anilines is 1. The number of nitrogens with one attached hydrogen (secondary N) is 1. The van der Waals surface area contributed by atoms with E-state index in [2.05, 4.69) is 49.5 Å². The molecule has 0 radical (unpaired) electrons. The predicted octanol–water partition coefficient (Wildman–Crippen LogP) is 6.26. The lowest BCUT2D eigenvalue weighted by molar-refractivity contribution is 0.223. The van der Waals surface area contributed by atoms with Crippen LogP contribution in [0.2, 0.25) is 5.02 Å². The largest absolute Gasteiger partial charge is 0.496 e. The molecule has 0 aliphatic carbocycles. The normalized spacial score (nSPS) is 18.5. The summed E-state index contributed by atoms with van der Waals surface area (Å²) in [6.45, 7) is 0. The molecule has 0 fully saturated rings. The van der Waals surface area contributed by atoms with E-state index in [9.17, 15) is 0 Å². The van der Waals surface area contributed by atoms with Crippen molar-refractivity contribution >= 4 is 39.2 Å². The van der Waals surface area contributed by atoms with Gasteiger partial charge in [-0.3, -0.25) is 0 Å². The van der Waals surface area contributed by atoms with Crippen LogP contribution < -0.4 is 14.8 Å². The average molecular weight is 522 g/mol. The maximum absolute atomic E-state index is 6.61. The Bertz CT molecular complexity index is 1400. The Balaban J connectivity index is 1.61. The van der Waals surface area contributed by atoms with Gasteiger partial charge in [0.05, 0.1) is 17.3 Å². The van der Waals surface area contributed by atoms with Gasteiger partial charge in [0, 0.05) is 16.2 Å². The van der Waals surface area contributed by atoms with Gasteiger partial charge in [0.15, 0.2) is 0 Å². The summed E-state index contributed by atoms with van der Waals surface area (Å²) in [5.41, 5.74) is 5.06. The van der Waals surface area contributed by atoms with Gasteiger partial charge in [-0.25, -0.2) is 4.68 Å². The van der Waals surface area contributed by atoms with Gasteiger partial charge < -0.3 is 14.8 Å². The van der Waals surface area contributed by atoms with E-state index in [0.717, 1.165) is 43.9 Å². The Hall–Kier alpha value is -3.29. The van der Waals surface area contributed by atoms with Crippen LogP contribution >= 0.6 is 27.5 Å². The van der Waals surface area contributed by atoms with Crippen molar-refractivity contribution in [3.63, 3.8) is 0 Å². The van der Waals surface area contributed by atoms with Crippen LogP contribution in [0.15, 0.2) is 83.1 Å². The molecule has 2 unspecified atom stereocenters. The van der Waals surface area contributed by atoms with Crippen LogP contribution in [0, 0.1) is 0 Å². The highest BCUT2D eigenvalue weighted by molar-refractivity contribution is 9.10. The molecule has 2 aliphatic rings. The first-order valence-corrected chi connectivity index (χ1v) is 11.6. The fourth-order valence-electron chi connectivity index (χ4n) is 4.50. The molecule has 1 N–H and O–H groups in total. The number of aromatic nitrogens is 3. The number of hydrogen-bond acceptors (Lipinski definition) is 5. The molecule has 8 heteroatoms. The van der Waals surface area contributed by atoms with Crippen LogP contribution in [0.1, 0.15) is 28.8 Å². The Morgan fingerprint density at radius 1 is 1.06 bits per heavy atom. The molecule has 2 aliphatic heterocycles. The number of rotatable bonds is 3. The maximum Gasteiger partial charge on any atom is 0.226 e. The Kier molecular flexibility index (Phi) is 4.89. The van der Waals surface area contributed by atoms with Crippen molar-refractivity contribution in [2.45, 2.75) is 12.1 Å². The first kappa shape index (κ1) is 20.3. The van der Waals surface area contributed by atoms with E-state index in [1.807, 2.05) is 53.2 Å². The Morgan fingerprint density at radius 3 is 2.64 bits per heavy atom. The zero-order valence-corrected chi connectivity index (χ0v) is 19.8. The number of ether oxygens (including phenoxy) is 2. The monoisotopic (exact) mass is 520 g/mol. The van der Waals surface area contributed by atoms with Crippen LogP contribution in [0.25, 0.3) is 5.70 Å². The van der Waals surface area contributed by atoms with Crippen LogP contribution in [0.3, 0.4) is 0 Å². The summed E-state index contributed by atoms with van der Waals surface area (Å²) in [5.74, 6) is 2.25. The second-order valence-electron chi connectivity index (χ2n) is 7.83. The maximum atomic E-state index is 6.61. The molecular formula is C25H18BrClN4O2. The molecule has 2 atom stereocenters. The summed E-state index contributed by atoms with van der Waals surface area (Å²) < 4.78 is 14.8. The standard InChI is InChI=1S/C25H18BrClN4O2/c1-32-20-11-8-15(12-18(20)26)23-21-22(30-25-28-13-29-31(23)25)17-4-2-3-5-19(17)33-24(21)14-6-9-16(27)10-7-14/h2-13,23-24H,1H3,(H,28,29,30). The summed E-state index contributed by atoms with van der Waals surface area (Å²) in [4.78, 5) is 4.47. The number of halogens is 2. The molecule has 6 nitrogen and oxygen atoms in total. The fourth-order valence-corrected chi connectivity index (χ4v) is 5.19. The van der Waals surface area contributed by atoms with E-state index in [1.165, 1.54) is 0 Å². The highest BCUT2D eigenvalue weighted by Crippen LogP contribution is 2.51. The molecule has 3 heterocycles. The SMILES string of the molecule is COc1ccc(C2C3=C(Nc4ncnn42)c2ccccc2OC3c2ccc(Cl)cc2)cc1Br. The zero-order chi connectivity index (χ0) is 22.5. The summed E-state index contributed by atoms with van der Waals surface area (Å²) in [6, 6.07) is 21.6. The predicted molar refractivity (Wildman–Crippen MR) is 131 cm³/mol. The minimum Gasteiger partial charge on any atom is -0.496 e. The topological polar surface area (TPSA) is 61.2 Å². The van der Waals surface area contributed by atoms with Crippen molar-refractivity contribution in [1.29, 1.82) is 0 Å². The second kappa shape index (κ2) is 7.93. The first-order chi connectivity index (χ1) is 16.1. The average Bonchev–Trinajstić information content (AvgIpc) is 3.31. The third-order valence-corrected chi connectivity index (χ3v) is 6.86. The van der Waals surface area contributed by atoms with Gasteiger partial charge in [-0.05, 0) is 63.5 Å². The lowest BCUT2D eigenvalue weighted by Crippen LogP contribution is -2.32. The summed E-state index contributed by atoms with van der Waals surface area (Å²) in [6.07, 6.45) is 1.22. The number of hydrogen-bond donors (Lipinski definition) is 1. The second-order valence-corrected chi connectivity index (χ2v) is 9.12. The smallest absolute Gasteiger partial charge is 0.226 e. The van der Waals surface area contributed by atoms with Gasteiger partial charge in [0.2, 0.25) is 5.95 Å². The number of nitrogens with zero attached hydrogens (tertiary/aromatic N) is 3. The first-order valence-electron chi connectivity index (χ1n) is 10.4. The van der Waals surface area contributed by atoms with E-state index >= 15 is 0 Å². The minimum absolute atomic E-state index is 0.241. The molecule has 0 saturated heterocycles. The van der Waals surface area contributed by atoms with E-state index in [0.29, 0.717) is 11.0 Å². The van der Waals surface area contributed by atoms with E-state index in [4.69, 9.17) is 21.1 Å². The third-order valence-electron chi connectivity index (χ3n) is 5.99. The molecule has 0 spiro atoms. The molecule has 4 aromatic rings. The molecule has 6 rings (SSSR count). The van der Waals surface area contributed by atoms with Crippen LogP contribution in [0.5, 0.6) is 11.5 Å². The fraction of sp³-hybridized carbons (Fsp3) is 0.120. The van der Waals surface area contributed by atoms with E-state index in [1.54, 1.807) is 13.4 Å². The highest BCUT2D eigenvalue weighted by atomic mass is 79.9. The number of benzene rings is 3. The van der Waals surface area contributed by atoms with Gasteiger partial charge in [-0.2, -0.15) is 10.1 Å². The molecule has 0 amide bonds. The minimum atomic E-state index is -0.345. The van der Waals surface area contributed by atoms with Crippen molar-refractivity contribution in [2.75, 3.05) is 12.4 Å². The van der Waals surface area contributed by atoms with Crippen LogP contribution in [0.4, 0.5) is 5.95 Å². The number of methoxy groups -OCH3 is 1. The van der Waals surface area contributed by atoms with Crippen LogP contribution in [-0.4, -0.2) is 21.9 Å². The van der Waals surface area contributed by atoms with Gasteiger partial charge in [-0.1, -0.05) is 41.9 Å². The van der Waals surface area contributed by atoms with Gasteiger partial charge in [-0.15, -0.1) is 0 Å². The quantitative estimate of drug-likeness (QED) is 0.345. The lowest BCUT2D eigenvalue weighted by Gasteiger charge is -2.39. The Labute approximate surface area is 204 Å². The van der Waals surface area contributed by atoms with Crippen molar-refractivity contribution in [3.05, 3.63) is 105 Å². The molecule has 164 valence electrons. The van der Waals surface area contributed by atoms with Crippen molar-refractivity contribution in [3.8, 4) is 11.5 Å². The van der Waals surface area contributed by atoms with Crippen molar-refractivity contribution in [2.24, 2.45) is 0 Å². The Morgan fingerprint density at radius 2 is 1.85 bits per heavy atom.